The molecule has 6 heteroatoms. The van der Waals surface area contributed by atoms with Crippen LogP contribution in [0.3, 0.4) is 0 Å². The topological polar surface area (TPSA) is 60.1 Å². The van der Waals surface area contributed by atoms with Crippen molar-refractivity contribution in [3.8, 4) is 17.1 Å². The van der Waals surface area contributed by atoms with Crippen LogP contribution in [0, 0.1) is 0 Å². The number of furan rings is 1. The number of nitrogens with one attached hydrogen (secondary N) is 1. The van der Waals surface area contributed by atoms with Gasteiger partial charge in [0.25, 0.3) is 5.91 Å². The lowest BCUT2D eigenvalue weighted by atomic mass is 10.1. The molecule has 0 aliphatic heterocycles. The van der Waals surface area contributed by atoms with E-state index in [1.54, 1.807) is 35.2 Å². The first-order chi connectivity index (χ1) is 13.7. The Bertz CT molecular complexity index is 1060. The largest absolute Gasteiger partial charge is 0.463 e. The minimum absolute atomic E-state index is 0.198. The zero-order chi connectivity index (χ0) is 19.3. The van der Waals surface area contributed by atoms with Crippen molar-refractivity contribution >= 4 is 17.5 Å². The van der Waals surface area contributed by atoms with Crippen LogP contribution < -0.4 is 5.32 Å². The smallest absolute Gasteiger partial charge is 0.270 e. The first kappa shape index (κ1) is 18.1. The monoisotopic (exact) mass is 391 g/mol. The zero-order valence-electron chi connectivity index (χ0n) is 15.0. The summed E-state index contributed by atoms with van der Waals surface area (Å²) in [7, 11) is 0. The van der Waals surface area contributed by atoms with Gasteiger partial charge in [-0.3, -0.25) is 4.79 Å². The van der Waals surface area contributed by atoms with Crippen molar-refractivity contribution in [1.29, 1.82) is 0 Å². The maximum atomic E-state index is 12.9. The molecular weight excluding hydrogens is 374 g/mol. The second-order valence-corrected chi connectivity index (χ2v) is 6.71. The van der Waals surface area contributed by atoms with Gasteiger partial charge in [-0.05, 0) is 48.4 Å². The Labute approximate surface area is 167 Å². The van der Waals surface area contributed by atoms with Gasteiger partial charge < -0.3 is 9.73 Å². The molecule has 0 fully saturated rings. The van der Waals surface area contributed by atoms with E-state index in [-0.39, 0.29) is 5.91 Å². The average molecular weight is 392 g/mol. The number of carbonyl (C=O) groups is 1. The van der Waals surface area contributed by atoms with Crippen molar-refractivity contribution < 1.29 is 9.21 Å². The second kappa shape index (κ2) is 8.15. The van der Waals surface area contributed by atoms with Crippen LogP contribution in [0.5, 0.6) is 0 Å². The molecule has 140 valence electrons. The summed E-state index contributed by atoms with van der Waals surface area (Å²) >= 11 is 5.99. The SMILES string of the molecule is O=C(NCCc1ccccc1)c1cc(-c2ccco2)nn1-c1ccc(Cl)cc1. The summed E-state index contributed by atoms with van der Waals surface area (Å²) in [5, 5.41) is 8.15. The Kier molecular flexibility index (Phi) is 5.26. The Morgan fingerprint density at radius 3 is 2.54 bits per heavy atom. The van der Waals surface area contributed by atoms with Crippen molar-refractivity contribution in [3.05, 3.63) is 95.3 Å². The van der Waals surface area contributed by atoms with Gasteiger partial charge in [-0.25, -0.2) is 4.68 Å². The molecule has 4 rings (SSSR count). The van der Waals surface area contributed by atoms with Crippen molar-refractivity contribution in [2.24, 2.45) is 0 Å². The highest BCUT2D eigenvalue weighted by molar-refractivity contribution is 6.30. The molecule has 0 atom stereocenters. The predicted molar refractivity (Wildman–Crippen MR) is 109 cm³/mol. The fourth-order valence-electron chi connectivity index (χ4n) is 2.92. The van der Waals surface area contributed by atoms with Crippen LogP contribution in [0.2, 0.25) is 5.02 Å². The number of rotatable bonds is 6. The van der Waals surface area contributed by atoms with Crippen LogP contribution in [0.15, 0.2) is 83.5 Å². The van der Waals surface area contributed by atoms with Crippen LogP contribution in [0.4, 0.5) is 0 Å². The summed E-state index contributed by atoms with van der Waals surface area (Å²) in [6.45, 7) is 0.532. The number of carbonyl (C=O) groups excluding carboxylic acids is 1. The number of aromatic nitrogens is 2. The summed E-state index contributed by atoms with van der Waals surface area (Å²) in [5.74, 6) is 0.405. The van der Waals surface area contributed by atoms with E-state index in [1.807, 2.05) is 48.5 Å². The van der Waals surface area contributed by atoms with Gasteiger partial charge in [0.2, 0.25) is 0 Å². The van der Waals surface area contributed by atoms with Crippen LogP contribution >= 0.6 is 11.6 Å². The molecule has 0 spiro atoms. The van der Waals surface area contributed by atoms with Crippen LogP contribution in [-0.4, -0.2) is 22.2 Å². The van der Waals surface area contributed by atoms with Crippen LogP contribution in [0.1, 0.15) is 16.1 Å². The maximum absolute atomic E-state index is 12.9. The van der Waals surface area contributed by atoms with Crippen molar-refractivity contribution in [2.75, 3.05) is 6.54 Å². The Morgan fingerprint density at radius 1 is 1.04 bits per heavy atom. The van der Waals surface area contributed by atoms with E-state index in [2.05, 4.69) is 10.4 Å². The second-order valence-electron chi connectivity index (χ2n) is 6.27. The first-order valence-electron chi connectivity index (χ1n) is 8.93. The number of halogens is 1. The minimum Gasteiger partial charge on any atom is -0.463 e. The van der Waals surface area contributed by atoms with Gasteiger partial charge in [-0.2, -0.15) is 5.10 Å². The third-order valence-corrected chi connectivity index (χ3v) is 4.58. The van der Waals surface area contributed by atoms with Crippen LogP contribution in [-0.2, 0) is 6.42 Å². The molecule has 0 aliphatic rings. The highest BCUT2D eigenvalue weighted by Gasteiger charge is 2.18. The molecule has 2 heterocycles. The summed E-state index contributed by atoms with van der Waals surface area (Å²) in [4.78, 5) is 12.9. The van der Waals surface area contributed by atoms with Crippen molar-refractivity contribution in [3.63, 3.8) is 0 Å². The lowest BCUT2D eigenvalue weighted by molar-refractivity contribution is 0.0946. The quantitative estimate of drug-likeness (QED) is 0.515. The van der Waals surface area contributed by atoms with Gasteiger partial charge in [0.15, 0.2) is 5.76 Å². The standard InChI is InChI=1S/C22H18ClN3O2/c23-17-8-10-18(11-9-17)26-20(15-19(25-26)21-7-4-14-28-21)22(27)24-13-12-16-5-2-1-3-6-16/h1-11,14-15H,12-13H2,(H,24,27). The van der Waals surface area contributed by atoms with E-state index in [4.69, 9.17) is 16.0 Å². The molecule has 0 saturated carbocycles. The fourth-order valence-corrected chi connectivity index (χ4v) is 3.05. The number of benzene rings is 2. The molecule has 2 aromatic carbocycles. The molecule has 0 unspecified atom stereocenters. The molecule has 0 saturated heterocycles. The van der Waals surface area contributed by atoms with Crippen LogP contribution in [0.25, 0.3) is 17.1 Å². The fraction of sp³-hybridized carbons (Fsp3) is 0.0909. The van der Waals surface area contributed by atoms with Gasteiger partial charge in [0.1, 0.15) is 11.4 Å². The molecule has 0 radical (unpaired) electrons. The number of hydrogen-bond donors (Lipinski definition) is 1. The minimum atomic E-state index is -0.198. The van der Waals surface area contributed by atoms with E-state index in [0.717, 1.165) is 12.1 Å². The molecule has 0 bridgehead atoms. The van der Waals surface area contributed by atoms with Gasteiger partial charge in [0.05, 0.1) is 12.0 Å². The lowest BCUT2D eigenvalue weighted by Gasteiger charge is -2.08. The van der Waals surface area contributed by atoms with Gasteiger partial charge in [-0.15, -0.1) is 0 Å². The van der Waals surface area contributed by atoms with Gasteiger partial charge >= 0.3 is 0 Å². The number of nitrogens with zero attached hydrogens (tertiary/aromatic N) is 2. The molecule has 4 aromatic rings. The van der Waals surface area contributed by atoms with Crippen molar-refractivity contribution in [1.82, 2.24) is 15.1 Å². The molecule has 1 N–H and O–H groups in total. The number of hydrogen-bond acceptors (Lipinski definition) is 3. The third-order valence-electron chi connectivity index (χ3n) is 4.33. The molecular formula is C22H18ClN3O2. The van der Waals surface area contributed by atoms with E-state index >= 15 is 0 Å². The summed E-state index contributed by atoms with van der Waals surface area (Å²) in [5.41, 5.74) is 2.94. The van der Waals surface area contributed by atoms with E-state index < -0.39 is 0 Å². The highest BCUT2D eigenvalue weighted by atomic mass is 35.5. The normalized spacial score (nSPS) is 10.8. The first-order valence-corrected chi connectivity index (χ1v) is 9.30. The Morgan fingerprint density at radius 2 is 1.82 bits per heavy atom. The molecule has 2 aromatic heterocycles. The van der Waals surface area contributed by atoms with Gasteiger partial charge in [-0.1, -0.05) is 41.9 Å². The summed E-state index contributed by atoms with van der Waals surface area (Å²) in [6.07, 6.45) is 2.34. The molecule has 5 nitrogen and oxygen atoms in total. The zero-order valence-corrected chi connectivity index (χ0v) is 15.8. The highest BCUT2D eigenvalue weighted by Crippen LogP contribution is 2.23. The third kappa shape index (κ3) is 4.00. The Balaban J connectivity index is 1.58. The summed E-state index contributed by atoms with van der Waals surface area (Å²) in [6, 6.07) is 22.5. The van der Waals surface area contributed by atoms with E-state index in [1.165, 1.54) is 5.56 Å². The lowest BCUT2D eigenvalue weighted by Crippen LogP contribution is -2.27. The van der Waals surface area contributed by atoms with Gasteiger partial charge in [0, 0.05) is 17.6 Å². The van der Waals surface area contributed by atoms with E-state index in [0.29, 0.717) is 28.7 Å². The van der Waals surface area contributed by atoms with E-state index in [9.17, 15) is 4.79 Å². The maximum Gasteiger partial charge on any atom is 0.270 e. The molecule has 28 heavy (non-hydrogen) atoms. The molecule has 1 amide bonds. The molecule has 0 aliphatic carbocycles. The summed E-state index contributed by atoms with van der Waals surface area (Å²) < 4.78 is 7.04. The predicted octanol–water partition coefficient (Wildman–Crippen LogP) is 4.76. The van der Waals surface area contributed by atoms with Crippen molar-refractivity contribution in [2.45, 2.75) is 6.42 Å². The number of amides is 1. The Hall–Kier alpha value is -3.31. The average Bonchev–Trinajstić information content (AvgIpc) is 3.39.